The summed E-state index contributed by atoms with van der Waals surface area (Å²) in [6.45, 7) is 3.95. The number of phenols is 1. The molecule has 2 rings (SSSR count). The second-order valence-corrected chi connectivity index (χ2v) is 4.93. The summed E-state index contributed by atoms with van der Waals surface area (Å²) in [5.74, 6) is 1.18. The normalized spacial score (nSPS) is 12.2. The van der Waals surface area contributed by atoms with Crippen LogP contribution in [0.5, 0.6) is 5.75 Å². The van der Waals surface area contributed by atoms with E-state index < -0.39 is 0 Å². The number of aryl methyl sites for hydroxylation is 1. The number of fused-ring (bicyclic) bond motifs is 1. The Bertz CT molecular complexity index is 523. The van der Waals surface area contributed by atoms with Gasteiger partial charge < -0.3 is 15.4 Å². The first-order valence-electron chi connectivity index (χ1n) is 5.30. The predicted octanol–water partition coefficient (Wildman–Crippen LogP) is 1.56. The van der Waals surface area contributed by atoms with Gasteiger partial charge in [-0.25, -0.2) is 4.98 Å². The van der Waals surface area contributed by atoms with E-state index >= 15 is 0 Å². The summed E-state index contributed by atoms with van der Waals surface area (Å²) in [4.78, 5) is 4.48. The van der Waals surface area contributed by atoms with Crippen molar-refractivity contribution in [2.75, 3.05) is 0 Å². The molecule has 0 saturated carbocycles. The van der Waals surface area contributed by atoms with E-state index in [1.807, 2.05) is 31.5 Å². The average Bonchev–Trinajstić information content (AvgIpc) is 2.40. The van der Waals surface area contributed by atoms with Gasteiger partial charge in [0.2, 0.25) is 0 Å². The smallest absolute Gasteiger partial charge is 0.117 e. The molecule has 1 heterocycles. The van der Waals surface area contributed by atoms with Crippen LogP contribution in [0.4, 0.5) is 0 Å². The third kappa shape index (κ3) is 2.02. The molecule has 0 bridgehead atoms. The van der Waals surface area contributed by atoms with Gasteiger partial charge >= 0.3 is 0 Å². The van der Waals surface area contributed by atoms with E-state index in [0.29, 0.717) is 6.42 Å². The summed E-state index contributed by atoms with van der Waals surface area (Å²) < 4.78 is 2.02. The number of benzene rings is 1. The van der Waals surface area contributed by atoms with Gasteiger partial charge in [0.1, 0.15) is 11.6 Å². The molecule has 0 spiro atoms. The Labute approximate surface area is 94.7 Å². The lowest BCUT2D eigenvalue weighted by Gasteiger charge is -2.17. The van der Waals surface area contributed by atoms with E-state index in [0.717, 1.165) is 16.9 Å². The van der Waals surface area contributed by atoms with Crippen molar-refractivity contribution in [3.8, 4) is 5.75 Å². The summed E-state index contributed by atoms with van der Waals surface area (Å²) in [6, 6.07) is 5.20. The molecular formula is C12H17N3O. The zero-order chi connectivity index (χ0) is 11.9. The molecule has 1 aromatic carbocycles. The van der Waals surface area contributed by atoms with Gasteiger partial charge in [-0.2, -0.15) is 0 Å². The maximum atomic E-state index is 9.39. The van der Waals surface area contributed by atoms with Gasteiger partial charge in [-0.1, -0.05) is 0 Å². The second-order valence-electron chi connectivity index (χ2n) is 4.93. The van der Waals surface area contributed by atoms with Crippen molar-refractivity contribution in [2.45, 2.75) is 25.8 Å². The zero-order valence-corrected chi connectivity index (χ0v) is 9.86. The van der Waals surface area contributed by atoms with Crippen molar-refractivity contribution < 1.29 is 5.11 Å². The first-order chi connectivity index (χ1) is 7.37. The molecule has 4 heteroatoms. The highest BCUT2D eigenvalue weighted by Crippen LogP contribution is 2.21. The molecule has 0 fully saturated rings. The first kappa shape index (κ1) is 11.0. The van der Waals surface area contributed by atoms with E-state index in [1.165, 1.54) is 0 Å². The Morgan fingerprint density at radius 1 is 1.44 bits per heavy atom. The van der Waals surface area contributed by atoms with E-state index in [-0.39, 0.29) is 11.3 Å². The molecule has 0 unspecified atom stereocenters. The van der Waals surface area contributed by atoms with Crippen LogP contribution in [-0.2, 0) is 13.5 Å². The van der Waals surface area contributed by atoms with Crippen LogP contribution in [0.2, 0.25) is 0 Å². The molecule has 0 radical (unpaired) electrons. The quantitative estimate of drug-likeness (QED) is 0.805. The topological polar surface area (TPSA) is 64.1 Å². The summed E-state index contributed by atoms with van der Waals surface area (Å²) in [5.41, 5.74) is 7.52. The summed E-state index contributed by atoms with van der Waals surface area (Å²) >= 11 is 0. The van der Waals surface area contributed by atoms with Gasteiger partial charge in [0.15, 0.2) is 0 Å². The minimum absolute atomic E-state index is 0.240. The Kier molecular flexibility index (Phi) is 2.39. The number of aromatic hydroxyl groups is 1. The Morgan fingerprint density at radius 3 is 2.75 bits per heavy atom. The van der Waals surface area contributed by atoms with Gasteiger partial charge in [-0.05, 0) is 26.0 Å². The minimum atomic E-state index is -0.281. The summed E-state index contributed by atoms with van der Waals surface area (Å²) in [7, 11) is 1.97. The lowest BCUT2D eigenvalue weighted by atomic mass is 10.0. The van der Waals surface area contributed by atoms with Gasteiger partial charge in [0, 0.05) is 25.1 Å². The molecule has 86 valence electrons. The summed E-state index contributed by atoms with van der Waals surface area (Å²) in [5, 5.41) is 9.39. The van der Waals surface area contributed by atoms with Crippen LogP contribution < -0.4 is 5.73 Å². The third-order valence-corrected chi connectivity index (χ3v) is 2.57. The molecule has 2 aromatic rings. The van der Waals surface area contributed by atoms with Crippen molar-refractivity contribution in [3.63, 3.8) is 0 Å². The number of hydrogen-bond donors (Lipinski definition) is 2. The molecule has 4 nitrogen and oxygen atoms in total. The number of phenolic OH excluding ortho intramolecular Hbond substituents is 1. The molecule has 0 amide bonds. The predicted molar refractivity (Wildman–Crippen MR) is 64.3 cm³/mol. The number of hydrogen-bond acceptors (Lipinski definition) is 3. The summed E-state index contributed by atoms with van der Waals surface area (Å²) in [6.07, 6.45) is 0.707. The standard InChI is InChI=1S/C12H17N3O/c1-12(2,13)7-11-14-9-6-8(16)4-5-10(9)15(11)3/h4-6,16H,7,13H2,1-3H3. The van der Waals surface area contributed by atoms with E-state index in [1.54, 1.807) is 12.1 Å². The molecule has 1 aromatic heterocycles. The lowest BCUT2D eigenvalue weighted by Crippen LogP contribution is -2.35. The fraction of sp³-hybridized carbons (Fsp3) is 0.417. The SMILES string of the molecule is Cn1c(CC(C)(C)N)nc2cc(O)ccc21. The first-order valence-corrected chi connectivity index (χ1v) is 5.30. The van der Waals surface area contributed by atoms with E-state index in [2.05, 4.69) is 4.98 Å². The van der Waals surface area contributed by atoms with Crippen LogP contribution in [0.15, 0.2) is 18.2 Å². The Balaban J connectivity index is 2.52. The van der Waals surface area contributed by atoms with Gasteiger partial charge in [0.25, 0.3) is 0 Å². The molecule has 3 N–H and O–H groups in total. The van der Waals surface area contributed by atoms with Crippen molar-refractivity contribution in [1.82, 2.24) is 9.55 Å². The van der Waals surface area contributed by atoms with Crippen LogP contribution >= 0.6 is 0 Å². The Morgan fingerprint density at radius 2 is 2.12 bits per heavy atom. The number of nitrogens with two attached hydrogens (primary N) is 1. The maximum absolute atomic E-state index is 9.39. The van der Waals surface area contributed by atoms with Crippen LogP contribution in [0, 0.1) is 0 Å². The van der Waals surface area contributed by atoms with Crippen LogP contribution in [0.3, 0.4) is 0 Å². The van der Waals surface area contributed by atoms with Crippen LogP contribution in [0.25, 0.3) is 11.0 Å². The minimum Gasteiger partial charge on any atom is -0.508 e. The van der Waals surface area contributed by atoms with Crippen LogP contribution in [-0.4, -0.2) is 20.2 Å². The monoisotopic (exact) mass is 219 g/mol. The molecule has 0 aliphatic rings. The molecule has 0 atom stereocenters. The van der Waals surface area contributed by atoms with Gasteiger partial charge in [-0.3, -0.25) is 0 Å². The third-order valence-electron chi connectivity index (χ3n) is 2.57. The average molecular weight is 219 g/mol. The fourth-order valence-corrected chi connectivity index (χ4v) is 1.80. The maximum Gasteiger partial charge on any atom is 0.117 e. The molecule has 0 aliphatic carbocycles. The van der Waals surface area contributed by atoms with Gasteiger partial charge in [-0.15, -0.1) is 0 Å². The number of aromatic nitrogens is 2. The molecular weight excluding hydrogens is 202 g/mol. The van der Waals surface area contributed by atoms with Crippen molar-refractivity contribution in [3.05, 3.63) is 24.0 Å². The second kappa shape index (κ2) is 3.49. The highest BCUT2D eigenvalue weighted by atomic mass is 16.3. The largest absolute Gasteiger partial charge is 0.508 e. The fourth-order valence-electron chi connectivity index (χ4n) is 1.80. The molecule has 16 heavy (non-hydrogen) atoms. The molecule has 0 saturated heterocycles. The number of rotatable bonds is 2. The number of imidazole rings is 1. The Hall–Kier alpha value is -1.55. The lowest BCUT2D eigenvalue weighted by molar-refractivity contribution is 0.476. The number of nitrogens with zero attached hydrogens (tertiary/aromatic N) is 2. The van der Waals surface area contributed by atoms with E-state index in [4.69, 9.17) is 5.73 Å². The van der Waals surface area contributed by atoms with Crippen molar-refractivity contribution in [2.24, 2.45) is 12.8 Å². The van der Waals surface area contributed by atoms with Gasteiger partial charge in [0.05, 0.1) is 11.0 Å². The van der Waals surface area contributed by atoms with E-state index in [9.17, 15) is 5.11 Å². The van der Waals surface area contributed by atoms with Crippen molar-refractivity contribution >= 4 is 11.0 Å². The molecule has 0 aliphatic heterocycles. The highest BCUT2D eigenvalue weighted by molar-refractivity contribution is 5.77. The van der Waals surface area contributed by atoms with Crippen LogP contribution in [0.1, 0.15) is 19.7 Å². The zero-order valence-electron chi connectivity index (χ0n) is 9.86. The highest BCUT2D eigenvalue weighted by Gasteiger charge is 2.16. The van der Waals surface area contributed by atoms with Crippen molar-refractivity contribution in [1.29, 1.82) is 0 Å².